The van der Waals surface area contributed by atoms with Crippen molar-refractivity contribution in [1.82, 2.24) is 30.7 Å². The van der Waals surface area contributed by atoms with Gasteiger partial charge in [0, 0.05) is 11.6 Å². The van der Waals surface area contributed by atoms with Crippen LogP contribution < -0.4 is 11.2 Å². The van der Waals surface area contributed by atoms with E-state index in [1.54, 1.807) is 18.2 Å². The Balaban J connectivity index is 1.68. The Morgan fingerprint density at radius 3 is 2.66 bits per heavy atom. The van der Waals surface area contributed by atoms with Gasteiger partial charge in [-0.25, -0.2) is 10.1 Å². The molecule has 0 fully saturated rings. The zero-order valence-corrected chi connectivity index (χ0v) is 16.5. The maximum absolute atomic E-state index is 12.8. The fraction of sp³-hybridized carbons (Fsp3) is 0.0526. The van der Waals surface area contributed by atoms with Gasteiger partial charge in [-0.15, -0.1) is 5.10 Å². The Labute approximate surface area is 179 Å². The SMILES string of the molecule is Cc1ccc(-c2c(C(=O)N/N=C\c3ccccc3[N+](=O)[O-])nnn2-c2nonc2N)cc1. The topological polar surface area (TPSA) is 180 Å². The maximum atomic E-state index is 12.8. The number of hydrogen-bond acceptors (Lipinski definition) is 10. The van der Waals surface area contributed by atoms with Crippen LogP contribution in [-0.2, 0) is 0 Å². The maximum Gasteiger partial charge on any atom is 0.294 e. The molecule has 0 bridgehead atoms. The first-order chi connectivity index (χ1) is 15.5. The van der Waals surface area contributed by atoms with Crippen molar-refractivity contribution < 1.29 is 14.3 Å². The van der Waals surface area contributed by atoms with Crippen LogP contribution in [0.25, 0.3) is 17.1 Å². The van der Waals surface area contributed by atoms with Gasteiger partial charge in [-0.05, 0) is 23.3 Å². The van der Waals surface area contributed by atoms with Crippen LogP contribution in [0.5, 0.6) is 0 Å². The predicted molar refractivity (Wildman–Crippen MR) is 112 cm³/mol. The molecule has 0 radical (unpaired) electrons. The number of carbonyl (C=O) groups is 1. The largest absolute Gasteiger partial charge is 0.378 e. The molecule has 0 saturated heterocycles. The molecule has 3 N–H and O–H groups in total. The van der Waals surface area contributed by atoms with Gasteiger partial charge in [0.05, 0.1) is 16.7 Å². The quantitative estimate of drug-likeness (QED) is 0.261. The zero-order chi connectivity index (χ0) is 22.7. The highest BCUT2D eigenvalue weighted by Gasteiger charge is 2.25. The van der Waals surface area contributed by atoms with Gasteiger partial charge in [-0.3, -0.25) is 14.9 Å². The molecule has 160 valence electrons. The summed E-state index contributed by atoms with van der Waals surface area (Å²) in [4.78, 5) is 23.4. The summed E-state index contributed by atoms with van der Waals surface area (Å²) >= 11 is 0. The summed E-state index contributed by atoms with van der Waals surface area (Å²) in [6, 6.07) is 13.3. The molecule has 4 aromatic rings. The first kappa shape index (κ1) is 20.3. The van der Waals surface area contributed by atoms with Crippen molar-refractivity contribution in [3.63, 3.8) is 0 Å². The van der Waals surface area contributed by atoms with E-state index in [-0.39, 0.29) is 34.3 Å². The minimum atomic E-state index is -0.698. The van der Waals surface area contributed by atoms with E-state index in [4.69, 9.17) is 5.73 Å². The number of hydrazone groups is 1. The molecule has 0 spiro atoms. The Bertz CT molecular complexity index is 1320. The molecule has 2 aromatic carbocycles. The van der Waals surface area contributed by atoms with E-state index in [2.05, 4.69) is 35.8 Å². The first-order valence-electron chi connectivity index (χ1n) is 9.13. The molecule has 0 aliphatic rings. The van der Waals surface area contributed by atoms with Crippen LogP contribution in [0.2, 0.25) is 0 Å². The van der Waals surface area contributed by atoms with Crippen molar-refractivity contribution in [1.29, 1.82) is 0 Å². The van der Waals surface area contributed by atoms with Gasteiger partial charge >= 0.3 is 0 Å². The highest BCUT2D eigenvalue weighted by atomic mass is 16.6. The van der Waals surface area contributed by atoms with Crippen LogP contribution in [0.3, 0.4) is 0 Å². The molecule has 0 unspecified atom stereocenters. The van der Waals surface area contributed by atoms with Gasteiger partial charge in [0.15, 0.2) is 5.69 Å². The van der Waals surface area contributed by atoms with Gasteiger partial charge in [0.1, 0.15) is 5.69 Å². The van der Waals surface area contributed by atoms with Gasteiger partial charge in [-0.1, -0.05) is 47.2 Å². The number of nitrogens with two attached hydrogens (primary N) is 1. The highest BCUT2D eigenvalue weighted by Crippen LogP contribution is 2.26. The molecular formula is C19H15N9O4. The Kier molecular flexibility index (Phi) is 5.36. The van der Waals surface area contributed by atoms with E-state index in [9.17, 15) is 14.9 Å². The second-order valence-corrected chi connectivity index (χ2v) is 6.55. The minimum Gasteiger partial charge on any atom is -0.378 e. The molecular weight excluding hydrogens is 418 g/mol. The summed E-state index contributed by atoms with van der Waals surface area (Å²) in [5, 5.41) is 30.1. The zero-order valence-electron chi connectivity index (χ0n) is 16.5. The monoisotopic (exact) mass is 433 g/mol. The Morgan fingerprint density at radius 1 is 1.22 bits per heavy atom. The van der Waals surface area contributed by atoms with Crippen LogP contribution in [0.4, 0.5) is 11.5 Å². The lowest BCUT2D eigenvalue weighted by molar-refractivity contribution is -0.385. The summed E-state index contributed by atoms with van der Waals surface area (Å²) in [6.45, 7) is 1.92. The normalized spacial score (nSPS) is 11.0. The molecule has 4 rings (SSSR count). The van der Waals surface area contributed by atoms with E-state index in [0.717, 1.165) is 5.56 Å². The molecule has 0 aliphatic heterocycles. The third-order valence-electron chi connectivity index (χ3n) is 4.41. The number of nitrogens with zero attached hydrogens (tertiary/aromatic N) is 7. The fourth-order valence-electron chi connectivity index (χ4n) is 2.87. The third kappa shape index (κ3) is 3.89. The number of nitro groups is 1. The summed E-state index contributed by atoms with van der Waals surface area (Å²) in [6.07, 6.45) is 1.17. The summed E-state index contributed by atoms with van der Waals surface area (Å²) in [5.74, 6) is -0.670. The van der Waals surface area contributed by atoms with Crippen molar-refractivity contribution in [2.75, 3.05) is 5.73 Å². The van der Waals surface area contributed by atoms with Gasteiger partial charge in [0.25, 0.3) is 11.6 Å². The number of rotatable bonds is 6. The average molecular weight is 433 g/mol. The standard InChI is InChI=1S/C19H15N9O4/c1-11-6-8-12(9-7-11)16-15(22-26-27(16)18-17(20)24-32-25-18)19(29)23-21-10-13-4-2-3-5-14(13)28(30)31/h2-10H,1H3,(H2,20,24)(H,23,29)/b21-10-. The number of nitro benzene ring substituents is 1. The number of aryl methyl sites for hydroxylation is 1. The lowest BCUT2D eigenvalue weighted by atomic mass is 10.1. The number of nitrogens with one attached hydrogen (secondary N) is 1. The lowest BCUT2D eigenvalue weighted by Crippen LogP contribution is -2.19. The highest BCUT2D eigenvalue weighted by molar-refractivity contribution is 5.99. The molecule has 2 aromatic heterocycles. The van der Waals surface area contributed by atoms with Gasteiger partial charge in [0.2, 0.25) is 11.6 Å². The number of anilines is 1. The molecule has 0 aliphatic carbocycles. The average Bonchev–Trinajstić information content (AvgIpc) is 3.40. The van der Waals surface area contributed by atoms with Crippen LogP contribution in [0.15, 0.2) is 58.3 Å². The summed E-state index contributed by atoms with van der Waals surface area (Å²) in [5.41, 5.74) is 9.99. The van der Waals surface area contributed by atoms with Crippen molar-refractivity contribution in [3.05, 3.63) is 75.5 Å². The van der Waals surface area contributed by atoms with Crippen LogP contribution in [-0.4, -0.2) is 42.4 Å². The van der Waals surface area contributed by atoms with E-state index in [1.165, 1.54) is 29.1 Å². The third-order valence-corrected chi connectivity index (χ3v) is 4.41. The number of aromatic nitrogens is 5. The van der Waals surface area contributed by atoms with Crippen molar-refractivity contribution in [2.45, 2.75) is 6.92 Å². The molecule has 0 saturated carbocycles. The number of amides is 1. The van der Waals surface area contributed by atoms with E-state index in [1.807, 2.05) is 19.1 Å². The number of hydrogen-bond donors (Lipinski definition) is 2. The first-order valence-corrected chi connectivity index (χ1v) is 9.13. The predicted octanol–water partition coefficient (Wildman–Crippen LogP) is 1.88. The smallest absolute Gasteiger partial charge is 0.294 e. The summed E-state index contributed by atoms with van der Waals surface area (Å²) < 4.78 is 5.86. The van der Waals surface area contributed by atoms with Gasteiger partial charge in [-0.2, -0.15) is 9.78 Å². The second kappa shape index (κ2) is 8.43. The van der Waals surface area contributed by atoms with E-state index < -0.39 is 10.8 Å². The number of nitrogen functional groups attached to an aromatic ring is 1. The van der Waals surface area contributed by atoms with Crippen molar-refractivity contribution in [3.8, 4) is 17.1 Å². The van der Waals surface area contributed by atoms with Crippen molar-refractivity contribution >= 4 is 23.6 Å². The Morgan fingerprint density at radius 2 is 1.97 bits per heavy atom. The van der Waals surface area contributed by atoms with Crippen molar-refractivity contribution in [2.24, 2.45) is 5.10 Å². The fourth-order valence-corrected chi connectivity index (χ4v) is 2.87. The summed E-state index contributed by atoms with van der Waals surface area (Å²) in [7, 11) is 0. The lowest BCUT2D eigenvalue weighted by Gasteiger charge is -2.06. The van der Waals surface area contributed by atoms with Crippen LogP contribution >= 0.6 is 0 Å². The molecule has 2 heterocycles. The Hall–Kier alpha value is -4.94. The van der Waals surface area contributed by atoms with E-state index >= 15 is 0 Å². The second-order valence-electron chi connectivity index (χ2n) is 6.55. The molecule has 0 atom stereocenters. The van der Waals surface area contributed by atoms with Gasteiger partial charge < -0.3 is 5.73 Å². The number of carbonyl (C=O) groups excluding carboxylic acids is 1. The number of benzene rings is 2. The van der Waals surface area contributed by atoms with Crippen LogP contribution in [0.1, 0.15) is 21.6 Å². The minimum absolute atomic E-state index is 0.0374. The van der Waals surface area contributed by atoms with E-state index in [0.29, 0.717) is 5.56 Å². The molecule has 32 heavy (non-hydrogen) atoms. The molecule has 13 heteroatoms. The van der Waals surface area contributed by atoms with Crippen LogP contribution in [0, 0.1) is 17.0 Å². The molecule has 13 nitrogen and oxygen atoms in total. The number of para-hydroxylation sites is 1. The molecule has 1 amide bonds.